The Morgan fingerprint density at radius 3 is 3.17 bits per heavy atom. The molecule has 2 heterocycles. The van der Waals surface area contributed by atoms with Gasteiger partial charge >= 0.3 is 0 Å². The molecule has 0 aliphatic carbocycles. The van der Waals surface area contributed by atoms with Crippen LogP contribution in [0.25, 0.3) is 0 Å². The second kappa shape index (κ2) is 6.29. The van der Waals surface area contributed by atoms with Gasteiger partial charge in [0.2, 0.25) is 5.91 Å². The van der Waals surface area contributed by atoms with Crippen LogP contribution in [0.1, 0.15) is 37.6 Å². The molecule has 1 amide bonds. The van der Waals surface area contributed by atoms with Crippen molar-refractivity contribution in [2.75, 3.05) is 19.6 Å². The van der Waals surface area contributed by atoms with Gasteiger partial charge in [0, 0.05) is 30.6 Å². The van der Waals surface area contributed by atoms with Gasteiger partial charge < -0.3 is 10.2 Å². The van der Waals surface area contributed by atoms with Crippen molar-refractivity contribution in [2.45, 2.75) is 38.6 Å². The van der Waals surface area contributed by atoms with Crippen LogP contribution in [0.5, 0.6) is 0 Å². The molecule has 4 nitrogen and oxygen atoms in total. The topological polar surface area (TPSA) is 45.2 Å². The highest BCUT2D eigenvalue weighted by atomic mass is 32.1. The van der Waals surface area contributed by atoms with Crippen molar-refractivity contribution in [3.05, 3.63) is 16.6 Å². The highest BCUT2D eigenvalue weighted by molar-refractivity contribution is 7.09. The molecule has 0 spiro atoms. The summed E-state index contributed by atoms with van der Waals surface area (Å²) in [6, 6.07) is 0.0356. The zero-order valence-electron chi connectivity index (χ0n) is 11.1. The number of nitrogens with zero attached hydrogens (tertiary/aromatic N) is 2. The number of hydrogen-bond donors (Lipinski definition) is 1. The number of nitrogens with one attached hydrogen (secondary N) is 1. The molecule has 2 atom stereocenters. The summed E-state index contributed by atoms with van der Waals surface area (Å²) in [5.41, 5.74) is 0. The summed E-state index contributed by atoms with van der Waals surface area (Å²) in [5, 5.41) is 6.42. The number of carbonyl (C=O) groups excluding carboxylic acids is 1. The van der Waals surface area contributed by atoms with E-state index in [1.807, 2.05) is 16.5 Å². The number of amides is 1. The summed E-state index contributed by atoms with van der Waals surface area (Å²) in [5.74, 6) is 0.589. The Hall–Kier alpha value is -0.940. The monoisotopic (exact) mass is 267 g/mol. The summed E-state index contributed by atoms with van der Waals surface area (Å²) < 4.78 is 0. The molecule has 1 fully saturated rings. The van der Waals surface area contributed by atoms with Crippen molar-refractivity contribution in [1.82, 2.24) is 15.2 Å². The minimum absolute atomic E-state index is 0.0356. The van der Waals surface area contributed by atoms with E-state index in [0.717, 1.165) is 37.5 Å². The lowest BCUT2D eigenvalue weighted by Crippen LogP contribution is -2.39. The number of hydrogen-bond acceptors (Lipinski definition) is 4. The molecule has 0 bridgehead atoms. The van der Waals surface area contributed by atoms with Crippen LogP contribution in [0.15, 0.2) is 11.6 Å². The fourth-order valence-electron chi connectivity index (χ4n) is 2.31. The summed E-state index contributed by atoms with van der Waals surface area (Å²) >= 11 is 1.67. The van der Waals surface area contributed by atoms with Crippen LogP contribution in [0.2, 0.25) is 0 Å². The number of carbonyl (C=O) groups is 1. The van der Waals surface area contributed by atoms with Gasteiger partial charge in [0.05, 0.1) is 11.0 Å². The first-order valence-electron chi connectivity index (χ1n) is 6.64. The maximum atomic E-state index is 12.2. The molecule has 5 heteroatoms. The molecule has 1 N–H and O–H groups in total. The predicted molar refractivity (Wildman–Crippen MR) is 73.8 cm³/mol. The average Bonchev–Trinajstić information content (AvgIpc) is 2.99. The molecule has 1 saturated heterocycles. The van der Waals surface area contributed by atoms with E-state index in [1.165, 1.54) is 0 Å². The Balaban J connectivity index is 1.86. The quantitative estimate of drug-likeness (QED) is 0.855. The van der Waals surface area contributed by atoms with Crippen molar-refractivity contribution in [3.63, 3.8) is 0 Å². The van der Waals surface area contributed by atoms with Crippen molar-refractivity contribution < 1.29 is 4.79 Å². The van der Waals surface area contributed by atoms with Crippen LogP contribution in [0, 0.1) is 0 Å². The van der Waals surface area contributed by atoms with Crippen LogP contribution in [-0.2, 0) is 4.79 Å². The second-order valence-corrected chi connectivity index (χ2v) is 5.78. The van der Waals surface area contributed by atoms with Crippen LogP contribution in [-0.4, -0.2) is 41.5 Å². The van der Waals surface area contributed by atoms with E-state index in [1.54, 1.807) is 11.3 Å². The Bertz CT molecular complexity index is 380. The van der Waals surface area contributed by atoms with Gasteiger partial charge in [0.1, 0.15) is 0 Å². The summed E-state index contributed by atoms with van der Waals surface area (Å²) in [7, 11) is 0. The van der Waals surface area contributed by atoms with Gasteiger partial charge in [0.25, 0.3) is 0 Å². The van der Waals surface area contributed by atoms with Crippen molar-refractivity contribution >= 4 is 17.2 Å². The Kier molecular flexibility index (Phi) is 4.72. The van der Waals surface area contributed by atoms with Crippen LogP contribution < -0.4 is 5.32 Å². The third kappa shape index (κ3) is 3.09. The third-order valence-electron chi connectivity index (χ3n) is 3.31. The van der Waals surface area contributed by atoms with E-state index in [4.69, 9.17) is 0 Å². The lowest BCUT2D eigenvalue weighted by atomic mass is 10.2. The SMILES string of the molecule is CCCNC1CCN(CC(C)c2nccs2)C1=O. The van der Waals surface area contributed by atoms with E-state index in [9.17, 15) is 4.79 Å². The van der Waals surface area contributed by atoms with Gasteiger partial charge in [-0.15, -0.1) is 11.3 Å². The zero-order valence-corrected chi connectivity index (χ0v) is 11.9. The van der Waals surface area contributed by atoms with Crippen LogP contribution in [0.4, 0.5) is 0 Å². The number of aromatic nitrogens is 1. The third-order valence-corrected chi connectivity index (χ3v) is 4.31. The second-order valence-electron chi connectivity index (χ2n) is 4.85. The smallest absolute Gasteiger partial charge is 0.239 e. The van der Waals surface area contributed by atoms with Crippen molar-refractivity contribution in [1.29, 1.82) is 0 Å². The molecule has 0 saturated carbocycles. The molecule has 1 aliphatic rings. The van der Waals surface area contributed by atoms with Gasteiger partial charge in [-0.1, -0.05) is 13.8 Å². The van der Waals surface area contributed by atoms with Crippen molar-refractivity contribution in [2.24, 2.45) is 0 Å². The van der Waals surface area contributed by atoms with E-state index >= 15 is 0 Å². The minimum atomic E-state index is 0.0356. The van der Waals surface area contributed by atoms with Gasteiger partial charge in [-0.2, -0.15) is 0 Å². The average molecular weight is 267 g/mol. The Morgan fingerprint density at radius 2 is 2.50 bits per heavy atom. The summed E-state index contributed by atoms with van der Waals surface area (Å²) in [6.07, 6.45) is 3.83. The standard InChI is InChI=1S/C13H21N3OS/c1-3-5-14-11-4-7-16(13(11)17)9-10(2)12-15-6-8-18-12/h6,8,10-11,14H,3-5,7,9H2,1-2H3. The highest BCUT2D eigenvalue weighted by Crippen LogP contribution is 2.21. The highest BCUT2D eigenvalue weighted by Gasteiger charge is 2.31. The molecule has 100 valence electrons. The largest absolute Gasteiger partial charge is 0.341 e. The molecular formula is C13H21N3OS. The van der Waals surface area contributed by atoms with E-state index in [0.29, 0.717) is 5.92 Å². The fraction of sp³-hybridized carbons (Fsp3) is 0.692. The molecule has 2 unspecified atom stereocenters. The Labute approximate surface area is 112 Å². The Morgan fingerprint density at radius 1 is 1.67 bits per heavy atom. The lowest BCUT2D eigenvalue weighted by Gasteiger charge is -2.20. The molecule has 1 aromatic rings. The van der Waals surface area contributed by atoms with Crippen LogP contribution >= 0.6 is 11.3 Å². The van der Waals surface area contributed by atoms with Crippen molar-refractivity contribution in [3.8, 4) is 0 Å². The predicted octanol–water partition coefficient (Wildman–Crippen LogP) is 1.85. The van der Waals surface area contributed by atoms with Gasteiger partial charge in [0.15, 0.2) is 0 Å². The van der Waals surface area contributed by atoms with E-state index < -0.39 is 0 Å². The first-order valence-corrected chi connectivity index (χ1v) is 7.52. The fourth-order valence-corrected chi connectivity index (χ4v) is 3.00. The number of thiazole rings is 1. The molecule has 1 aliphatic heterocycles. The maximum absolute atomic E-state index is 12.2. The molecule has 0 radical (unpaired) electrons. The first kappa shape index (κ1) is 13.5. The number of likely N-dealkylation sites (tertiary alicyclic amines) is 1. The van der Waals surface area contributed by atoms with Gasteiger partial charge in [-0.25, -0.2) is 4.98 Å². The molecule has 2 rings (SSSR count). The molecular weight excluding hydrogens is 246 g/mol. The maximum Gasteiger partial charge on any atom is 0.239 e. The first-order chi connectivity index (χ1) is 8.72. The molecule has 0 aromatic carbocycles. The zero-order chi connectivity index (χ0) is 13.0. The molecule has 18 heavy (non-hydrogen) atoms. The summed E-state index contributed by atoms with van der Waals surface area (Å²) in [4.78, 5) is 18.5. The minimum Gasteiger partial charge on any atom is -0.341 e. The van der Waals surface area contributed by atoms with Gasteiger partial charge in [-0.3, -0.25) is 4.79 Å². The number of rotatable bonds is 6. The van der Waals surface area contributed by atoms with Crippen LogP contribution in [0.3, 0.4) is 0 Å². The summed E-state index contributed by atoms with van der Waals surface area (Å²) in [6.45, 7) is 6.84. The lowest BCUT2D eigenvalue weighted by molar-refractivity contribution is -0.129. The normalized spacial score (nSPS) is 21.6. The molecule has 1 aromatic heterocycles. The van der Waals surface area contributed by atoms with Gasteiger partial charge in [-0.05, 0) is 19.4 Å². The van der Waals surface area contributed by atoms with E-state index in [2.05, 4.69) is 24.1 Å². The van der Waals surface area contributed by atoms with E-state index in [-0.39, 0.29) is 11.9 Å².